The van der Waals surface area contributed by atoms with Gasteiger partial charge in [-0.1, -0.05) is 29.3 Å². The molecule has 160 valence electrons. The highest BCUT2D eigenvalue weighted by atomic mass is 35.5. The standard InChI is InChI=1S/C22H14Cl2N4O4/c1-11-7-17-19(21(29)31-11)18(12-3-2-6-26-10-12)14(9-25)20(32-17)28-22(30)27-13-4-5-15(23)16(24)8-13/h2-8,10,18H,1H3,(H2,27,28,30). The van der Waals surface area contributed by atoms with Gasteiger partial charge in [0.1, 0.15) is 23.2 Å². The lowest BCUT2D eigenvalue weighted by Crippen LogP contribution is -2.35. The van der Waals surface area contributed by atoms with Gasteiger partial charge < -0.3 is 14.5 Å². The van der Waals surface area contributed by atoms with Gasteiger partial charge in [-0.3, -0.25) is 10.3 Å². The monoisotopic (exact) mass is 468 g/mol. The van der Waals surface area contributed by atoms with Crippen molar-refractivity contribution in [3.8, 4) is 11.8 Å². The number of benzene rings is 1. The molecule has 0 bridgehead atoms. The van der Waals surface area contributed by atoms with Gasteiger partial charge in [-0.25, -0.2) is 9.59 Å². The van der Waals surface area contributed by atoms with Crippen LogP contribution in [-0.2, 0) is 0 Å². The molecule has 8 nitrogen and oxygen atoms in total. The Hall–Kier alpha value is -3.80. The number of carbonyl (C=O) groups excluding carboxylic acids is 1. The minimum atomic E-state index is -0.838. The van der Waals surface area contributed by atoms with Gasteiger partial charge in [0.15, 0.2) is 0 Å². The summed E-state index contributed by atoms with van der Waals surface area (Å²) in [6.45, 7) is 1.59. The van der Waals surface area contributed by atoms with E-state index in [1.54, 1.807) is 31.3 Å². The predicted molar refractivity (Wildman–Crippen MR) is 118 cm³/mol. The molecule has 3 heterocycles. The molecule has 4 rings (SSSR count). The van der Waals surface area contributed by atoms with Gasteiger partial charge in [-0.2, -0.15) is 5.26 Å². The van der Waals surface area contributed by atoms with Crippen LogP contribution in [0, 0.1) is 18.3 Å². The average Bonchev–Trinajstić information content (AvgIpc) is 2.75. The highest BCUT2D eigenvalue weighted by Crippen LogP contribution is 2.40. The normalized spacial score (nSPS) is 14.8. The van der Waals surface area contributed by atoms with Crippen molar-refractivity contribution in [2.24, 2.45) is 0 Å². The predicted octanol–water partition coefficient (Wildman–Crippen LogP) is 4.73. The topological polar surface area (TPSA) is 117 Å². The number of anilines is 1. The van der Waals surface area contributed by atoms with Crippen molar-refractivity contribution < 1.29 is 13.9 Å². The van der Waals surface area contributed by atoms with Crippen LogP contribution >= 0.6 is 23.2 Å². The van der Waals surface area contributed by atoms with Gasteiger partial charge in [-0.15, -0.1) is 0 Å². The summed E-state index contributed by atoms with van der Waals surface area (Å²) in [6.07, 6.45) is 3.10. The first-order chi connectivity index (χ1) is 15.4. The largest absolute Gasteiger partial charge is 0.439 e. The van der Waals surface area contributed by atoms with Crippen LogP contribution in [0.5, 0.6) is 5.75 Å². The van der Waals surface area contributed by atoms with E-state index < -0.39 is 17.6 Å². The van der Waals surface area contributed by atoms with Crippen molar-refractivity contribution in [1.29, 1.82) is 5.26 Å². The lowest BCUT2D eigenvalue weighted by Gasteiger charge is -2.26. The van der Waals surface area contributed by atoms with Crippen LogP contribution in [0.25, 0.3) is 0 Å². The van der Waals surface area contributed by atoms with Crippen LogP contribution in [-0.4, -0.2) is 11.0 Å². The van der Waals surface area contributed by atoms with E-state index >= 15 is 0 Å². The molecule has 32 heavy (non-hydrogen) atoms. The summed E-state index contributed by atoms with van der Waals surface area (Å²) in [5, 5.41) is 15.6. The zero-order valence-corrected chi connectivity index (χ0v) is 18.0. The molecule has 0 saturated heterocycles. The van der Waals surface area contributed by atoms with Gasteiger partial charge in [0.25, 0.3) is 0 Å². The summed E-state index contributed by atoms with van der Waals surface area (Å²) >= 11 is 11.9. The molecule has 1 aromatic carbocycles. The molecule has 2 N–H and O–H groups in total. The van der Waals surface area contributed by atoms with Crippen LogP contribution in [0.4, 0.5) is 10.5 Å². The maximum Gasteiger partial charge on any atom is 0.343 e. The zero-order chi connectivity index (χ0) is 22.8. The van der Waals surface area contributed by atoms with Crippen LogP contribution in [0.3, 0.4) is 0 Å². The molecule has 10 heteroatoms. The lowest BCUT2D eigenvalue weighted by molar-refractivity contribution is 0.247. The second-order valence-corrected chi connectivity index (χ2v) is 7.62. The third kappa shape index (κ3) is 4.17. The smallest absolute Gasteiger partial charge is 0.343 e. The van der Waals surface area contributed by atoms with Gasteiger partial charge in [0.2, 0.25) is 5.88 Å². The number of rotatable bonds is 3. The van der Waals surface area contributed by atoms with Crippen LogP contribution in [0.2, 0.25) is 10.0 Å². The number of nitriles is 1. The van der Waals surface area contributed by atoms with Gasteiger partial charge in [0, 0.05) is 24.1 Å². The van der Waals surface area contributed by atoms with Crippen molar-refractivity contribution in [1.82, 2.24) is 10.3 Å². The highest BCUT2D eigenvalue weighted by molar-refractivity contribution is 6.42. The molecule has 3 aromatic rings. The fourth-order valence-electron chi connectivity index (χ4n) is 3.31. The zero-order valence-electron chi connectivity index (χ0n) is 16.5. The van der Waals surface area contributed by atoms with Gasteiger partial charge in [0.05, 0.1) is 21.5 Å². The van der Waals surface area contributed by atoms with E-state index in [0.29, 0.717) is 22.0 Å². The number of allylic oxidation sites excluding steroid dienone is 1. The molecule has 2 amide bonds. The summed E-state index contributed by atoms with van der Waals surface area (Å²) in [5.74, 6) is -0.457. The molecule has 0 saturated carbocycles. The van der Waals surface area contributed by atoms with E-state index in [-0.39, 0.29) is 27.8 Å². The number of urea groups is 1. The molecular weight excluding hydrogens is 455 g/mol. The third-order valence-electron chi connectivity index (χ3n) is 4.65. The summed E-state index contributed by atoms with van der Waals surface area (Å²) < 4.78 is 11.0. The Morgan fingerprint density at radius 2 is 2.00 bits per heavy atom. The Kier molecular flexibility index (Phi) is 5.86. The molecule has 1 aliphatic rings. The van der Waals surface area contributed by atoms with E-state index in [1.807, 2.05) is 6.07 Å². The molecule has 2 aromatic heterocycles. The van der Waals surface area contributed by atoms with Crippen molar-refractivity contribution >= 4 is 34.9 Å². The second-order valence-electron chi connectivity index (χ2n) is 6.81. The minimum absolute atomic E-state index is 0.0194. The Morgan fingerprint density at radius 3 is 2.69 bits per heavy atom. The fraction of sp³-hybridized carbons (Fsp3) is 0.0909. The molecular formula is C22H14Cl2N4O4. The minimum Gasteiger partial charge on any atom is -0.439 e. The first-order valence-corrected chi connectivity index (χ1v) is 10.0. The number of aromatic nitrogens is 1. The molecule has 1 aliphatic heterocycles. The molecule has 0 fully saturated rings. The Bertz CT molecular complexity index is 1350. The van der Waals surface area contributed by atoms with Crippen molar-refractivity contribution in [3.05, 3.63) is 97.6 Å². The second kappa shape index (κ2) is 8.75. The first-order valence-electron chi connectivity index (χ1n) is 9.27. The Morgan fingerprint density at radius 1 is 1.19 bits per heavy atom. The Balaban J connectivity index is 1.74. The third-order valence-corrected chi connectivity index (χ3v) is 5.39. The molecule has 1 atom stereocenters. The average molecular weight is 469 g/mol. The van der Waals surface area contributed by atoms with E-state index in [1.165, 1.54) is 24.4 Å². The van der Waals surface area contributed by atoms with E-state index in [2.05, 4.69) is 15.6 Å². The lowest BCUT2D eigenvalue weighted by atomic mass is 9.85. The number of hydrogen-bond acceptors (Lipinski definition) is 6. The number of carbonyl (C=O) groups is 1. The maximum atomic E-state index is 12.6. The van der Waals surface area contributed by atoms with Crippen LogP contribution < -0.4 is 21.0 Å². The number of aryl methyl sites for hydroxylation is 1. The highest BCUT2D eigenvalue weighted by Gasteiger charge is 2.36. The summed E-state index contributed by atoms with van der Waals surface area (Å²) in [5.41, 5.74) is 0.476. The number of fused-ring (bicyclic) bond motifs is 1. The van der Waals surface area contributed by atoms with Gasteiger partial charge >= 0.3 is 11.7 Å². The van der Waals surface area contributed by atoms with Crippen LogP contribution in [0.1, 0.15) is 22.8 Å². The number of pyridine rings is 1. The quantitative estimate of drug-likeness (QED) is 0.573. The van der Waals surface area contributed by atoms with E-state index in [0.717, 1.165) is 0 Å². The number of hydrogen-bond donors (Lipinski definition) is 2. The molecule has 0 aliphatic carbocycles. The number of ether oxygens (including phenoxy) is 1. The number of amides is 2. The number of nitrogens with one attached hydrogen (secondary N) is 2. The molecule has 1 unspecified atom stereocenters. The van der Waals surface area contributed by atoms with Crippen molar-refractivity contribution in [2.75, 3.05) is 5.32 Å². The molecule has 0 radical (unpaired) electrons. The number of nitrogens with zero attached hydrogens (tertiary/aromatic N) is 2. The summed E-state index contributed by atoms with van der Waals surface area (Å²) in [7, 11) is 0. The Labute approximate surface area is 192 Å². The van der Waals surface area contributed by atoms with Crippen molar-refractivity contribution in [3.63, 3.8) is 0 Å². The van der Waals surface area contributed by atoms with E-state index in [9.17, 15) is 14.9 Å². The van der Waals surface area contributed by atoms with E-state index in [4.69, 9.17) is 32.4 Å². The summed E-state index contributed by atoms with van der Waals surface area (Å²) in [4.78, 5) is 29.3. The summed E-state index contributed by atoms with van der Waals surface area (Å²) in [6, 6.07) is 10.9. The fourth-order valence-corrected chi connectivity index (χ4v) is 3.60. The SMILES string of the molecule is Cc1cc2c(c(=O)o1)C(c1cccnc1)C(C#N)=C(NC(=O)Nc1ccc(Cl)c(Cl)c1)O2. The van der Waals surface area contributed by atoms with Gasteiger partial charge in [-0.05, 0) is 36.8 Å². The maximum absolute atomic E-state index is 12.6. The van der Waals surface area contributed by atoms with Crippen LogP contribution in [0.15, 0.2) is 69.5 Å². The van der Waals surface area contributed by atoms with Crippen molar-refractivity contribution in [2.45, 2.75) is 12.8 Å². The number of halogens is 2. The molecule has 0 spiro atoms. The first kappa shape index (κ1) is 21.4.